The molecule has 1 aromatic heterocycles. The Balaban J connectivity index is 3.27. The Morgan fingerprint density at radius 1 is 1.47 bits per heavy atom. The first-order valence-electron chi connectivity index (χ1n) is 3.69. The summed E-state index contributed by atoms with van der Waals surface area (Å²) >= 11 is 3.56. The van der Waals surface area contributed by atoms with Gasteiger partial charge in [0.1, 0.15) is 5.69 Å². The molecule has 1 aromatic rings. The number of nitrogens with zero attached hydrogens (tertiary/aromatic N) is 1. The number of hydrogen-bond donors (Lipinski definition) is 0. The van der Waals surface area contributed by atoms with E-state index in [1.807, 2.05) is 22.6 Å². The fourth-order valence-electron chi connectivity index (χ4n) is 0.883. The van der Waals surface area contributed by atoms with Crippen molar-refractivity contribution in [3.8, 4) is 0 Å². The smallest absolute Gasteiger partial charge is 0.340 e. The molecule has 1 heterocycles. The first-order chi connectivity index (χ1) is 6.99. The third-order valence-electron chi connectivity index (χ3n) is 1.60. The van der Waals surface area contributed by atoms with Crippen molar-refractivity contribution in [3.63, 3.8) is 0 Å². The average molecular weight is 439 g/mol. The molecule has 0 aliphatic carbocycles. The zero-order chi connectivity index (χ0) is 11.6. The van der Waals surface area contributed by atoms with Crippen molar-refractivity contribution >= 4 is 51.2 Å². The minimum Gasteiger partial charge on any atom is -0.465 e. The van der Waals surface area contributed by atoms with Gasteiger partial charge in [0.15, 0.2) is 0 Å². The minimum atomic E-state index is -2.64. The lowest BCUT2D eigenvalue weighted by atomic mass is 10.2. The molecule has 0 spiro atoms. The van der Waals surface area contributed by atoms with Gasteiger partial charge in [0, 0.05) is 9.77 Å². The molecule has 0 radical (unpaired) electrons. The van der Waals surface area contributed by atoms with Gasteiger partial charge in [-0.2, -0.15) is 0 Å². The second-order valence-corrected chi connectivity index (χ2v) is 4.63. The molecule has 0 aliphatic heterocycles. The van der Waals surface area contributed by atoms with E-state index in [2.05, 4.69) is 9.72 Å². The van der Waals surface area contributed by atoms with Crippen LogP contribution in [0.1, 0.15) is 22.5 Å². The molecule has 0 fully saturated rings. The fourth-order valence-corrected chi connectivity index (χ4v) is 2.18. The number of pyridine rings is 1. The normalized spacial score (nSPS) is 10.5. The van der Waals surface area contributed by atoms with E-state index in [0.717, 1.165) is 6.20 Å². The third-order valence-corrected chi connectivity index (χ3v) is 4.84. The molecular formula is C8H5F2I2NO2. The Labute approximate surface area is 112 Å². The number of halogens is 4. The maximum Gasteiger partial charge on any atom is 0.340 e. The number of carbonyl (C=O) groups excluding carboxylic acids is 1. The number of methoxy groups -OCH3 is 1. The summed E-state index contributed by atoms with van der Waals surface area (Å²) in [6.07, 6.45) is -1.53. The number of esters is 1. The van der Waals surface area contributed by atoms with E-state index in [9.17, 15) is 13.6 Å². The van der Waals surface area contributed by atoms with Gasteiger partial charge < -0.3 is 4.74 Å². The molecule has 82 valence electrons. The number of aromatic nitrogens is 1. The summed E-state index contributed by atoms with van der Waals surface area (Å²) in [6.45, 7) is 0. The Hall–Kier alpha value is -0.0600. The summed E-state index contributed by atoms with van der Waals surface area (Å²) in [5, 5.41) is 0. The standard InChI is InChI=1S/C8H5F2I2NO2/c1-15-8(14)3-2-13-6(7(9)10)5(12)4(3)11/h2,7H,1H3. The van der Waals surface area contributed by atoms with Crippen molar-refractivity contribution in [2.75, 3.05) is 7.11 Å². The van der Waals surface area contributed by atoms with Crippen molar-refractivity contribution in [2.24, 2.45) is 0 Å². The summed E-state index contributed by atoms with van der Waals surface area (Å²) in [5.74, 6) is -0.578. The molecule has 0 unspecified atom stereocenters. The summed E-state index contributed by atoms with van der Waals surface area (Å²) in [6, 6.07) is 0. The Morgan fingerprint density at radius 2 is 2.07 bits per heavy atom. The van der Waals surface area contributed by atoms with Crippen LogP contribution in [0.3, 0.4) is 0 Å². The van der Waals surface area contributed by atoms with Crippen LogP contribution in [0.5, 0.6) is 0 Å². The highest BCUT2D eigenvalue weighted by Crippen LogP contribution is 2.28. The zero-order valence-electron chi connectivity index (χ0n) is 7.43. The number of ether oxygens (including phenoxy) is 1. The molecular weight excluding hydrogens is 434 g/mol. The second kappa shape index (κ2) is 5.32. The number of hydrogen-bond acceptors (Lipinski definition) is 3. The molecule has 0 bridgehead atoms. The lowest BCUT2D eigenvalue weighted by molar-refractivity contribution is 0.0598. The molecule has 0 amide bonds. The van der Waals surface area contributed by atoms with E-state index in [1.54, 1.807) is 22.6 Å². The number of rotatable bonds is 2. The van der Waals surface area contributed by atoms with Gasteiger partial charge in [0.25, 0.3) is 6.43 Å². The van der Waals surface area contributed by atoms with Gasteiger partial charge in [-0.05, 0) is 45.2 Å². The molecule has 0 N–H and O–H groups in total. The van der Waals surface area contributed by atoms with Gasteiger partial charge in [-0.3, -0.25) is 4.98 Å². The maximum atomic E-state index is 12.4. The Bertz CT molecular complexity index is 398. The lowest BCUT2D eigenvalue weighted by Crippen LogP contribution is -2.08. The van der Waals surface area contributed by atoms with Crippen LogP contribution in [-0.4, -0.2) is 18.1 Å². The van der Waals surface area contributed by atoms with Gasteiger partial charge in [0.2, 0.25) is 0 Å². The molecule has 0 aromatic carbocycles. The molecule has 7 heteroatoms. The van der Waals surface area contributed by atoms with Crippen LogP contribution < -0.4 is 0 Å². The Morgan fingerprint density at radius 3 is 2.53 bits per heavy atom. The minimum absolute atomic E-state index is 0.201. The van der Waals surface area contributed by atoms with E-state index in [-0.39, 0.29) is 14.8 Å². The number of carbonyl (C=O) groups is 1. The van der Waals surface area contributed by atoms with Crippen LogP contribution in [0.25, 0.3) is 0 Å². The summed E-state index contributed by atoms with van der Waals surface area (Å²) in [4.78, 5) is 14.8. The topological polar surface area (TPSA) is 39.2 Å². The molecule has 3 nitrogen and oxygen atoms in total. The van der Waals surface area contributed by atoms with E-state index in [4.69, 9.17) is 0 Å². The highest BCUT2D eigenvalue weighted by atomic mass is 127. The van der Waals surface area contributed by atoms with Crippen molar-refractivity contribution < 1.29 is 18.3 Å². The van der Waals surface area contributed by atoms with Crippen LogP contribution in [0.4, 0.5) is 8.78 Å². The summed E-state index contributed by atoms with van der Waals surface area (Å²) in [7, 11) is 1.23. The van der Waals surface area contributed by atoms with Crippen molar-refractivity contribution in [1.29, 1.82) is 0 Å². The van der Waals surface area contributed by atoms with Gasteiger partial charge in [-0.15, -0.1) is 0 Å². The highest BCUT2D eigenvalue weighted by molar-refractivity contribution is 14.1. The van der Waals surface area contributed by atoms with Crippen LogP contribution in [0.2, 0.25) is 0 Å². The van der Waals surface area contributed by atoms with Crippen LogP contribution >= 0.6 is 45.2 Å². The largest absolute Gasteiger partial charge is 0.465 e. The van der Waals surface area contributed by atoms with Gasteiger partial charge in [-0.1, -0.05) is 0 Å². The zero-order valence-corrected chi connectivity index (χ0v) is 11.7. The quantitative estimate of drug-likeness (QED) is 0.526. The second-order valence-electron chi connectivity index (χ2n) is 2.48. The van der Waals surface area contributed by atoms with Crippen LogP contribution in [-0.2, 0) is 4.74 Å². The van der Waals surface area contributed by atoms with Gasteiger partial charge >= 0.3 is 5.97 Å². The summed E-state index contributed by atoms with van der Waals surface area (Å²) in [5.41, 5.74) is -0.112. The SMILES string of the molecule is COC(=O)c1cnc(C(F)F)c(I)c1I. The monoisotopic (exact) mass is 439 g/mol. The molecule has 0 aliphatic rings. The fraction of sp³-hybridized carbons (Fsp3) is 0.250. The first-order valence-corrected chi connectivity index (χ1v) is 5.85. The molecule has 1 rings (SSSR count). The summed E-state index contributed by atoms with van der Waals surface area (Å²) < 4.78 is 30.1. The van der Waals surface area contributed by atoms with Gasteiger partial charge in [0.05, 0.1) is 16.2 Å². The first kappa shape index (κ1) is 13.0. The van der Waals surface area contributed by atoms with E-state index < -0.39 is 12.4 Å². The predicted octanol–water partition coefficient (Wildman–Crippen LogP) is 3.02. The highest BCUT2D eigenvalue weighted by Gasteiger charge is 2.20. The molecule has 0 saturated carbocycles. The third kappa shape index (κ3) is 2.74. The van der Waals surface area contributed by atoms with Crippen LogP contribution in [0.15, 0.2) is 6.20 Å². The predicted molar refractivity (Wildman–Crippen MR) is 66.0 cm³/mol. The van der Waals surface area contributed by atoms with Crippen molar-refractivity contribution in [2.45, 2.75) is 6.43 Å². The molecule has 15 heavy (non-hydrogen) atoms. The number of alkyl halides is 2. The van der Waals surface area contributed by atoms with E-state index >= 15 is 0 Å². The van der Waals surface area contributed by atoms with Gasteiger partial charge in [-0.25, -0.2) is 13.6 Å². The molecule has 0 saturated heterocycles. The van der Waals surface area contributed by atoms with E-state index in [0.29, 0.717) is 3.57 Å². The Kier molecular flexibility index (Phi) is 4.62. The van der Waals surface area contributed by atoms with Crippen LogP contribution in [0, 0.1) is 7.14 Å². The lowest BCUT2D eigenvalue weighted by Gasteiger charge is -2.07. The van der Waals surface area contributed by atoms with E-state index in [1.165, 1.54) is 7.11 Å². The van der Waals surface area contributed by atoms with Crippen molar-refractivity contribution in [3.05, 3.63) is 24.6 Å². The molecule has 0 atom stereocenters. The maximum absolute atomic E-state index is 12.4. The van der Waals surface area contributed by atoms with Crippen molar-refractivity contribution in [1.82, 2.24) is 4.98 Å². The average Bonchev–Trinajstić information content (AvgIpc) is 2.20.